The van der Waals surface area contributed by atoms with Gasteiger partial charge in [0.1, 0.15) is 0 Å². The molecule has 1 amide bonds. The predicted molar refractivity (Wildman–Crippen MR) is 76.5 cm³/mol. The molecule has 0 unspecified atom stereocenters. The van der Waals surface area contributed by atoms with Crippen molar-refractivity contribution in [2.45, 2.75) is 4.90 Å². The zero-order valence-corrected chi connectivity index (χ0v) is 11.8. The van der Waals surface area contributed by atoms with E-state index in [1.54, 1.807) is 30.3 Å². The van der Waals surface area contributed by atoms with E-state index in [2.05, 4.69) is 0 Å². The van der Waals surface area contributed by atoms with E-state index in [0.29, 0.717) is 5.69 Å². The van der Waals surface area contributed by atoms with E-state index >= 15 is 0 Å². The molecule has 0 bridgehead atoms. The SMILES string of the molecule is Nc1cccc(C(=O)N(Cl)S(=O)(=O)c2ccccc2)c1. The summed E-state index contributed by atoms with van der Waals surface area (Å²) in [6.07, 6.45) is 0. The Morgan fingerprint density at radius 2 is 1.70 bits per heavy atom. The molecule has 0 aromatic heterocycles. The zero-order chi connectivity index (χ0) is 14.8. The molecular formula is C13H11ClN2O3S. The van der Waals surface area contributed by atoms with Gasteiger partial charge in [-0.2, -0.15) is 8.42 Å². The fourth-order valence-corrected chi connectivity index (χ4v) is 2.91. The van der Waals surface area contributed by atoms with Crippen LogP contribution < -0.4 is 5.73 Å². The van der Waals surface area contributed by atoms with E-state index < -0.39 is 15.9 Å². The van der Waals surface area contributed by atoms with Crippen LogP contribution in [-0.2, 0) is 10.0 Å². The van der Waals surface area contributed by atoms with E-state index in [1.807, 2.05) is 0 Å². The number of carbonyl (C=O) groups is 1. The molecule has 0 fully saturated rings. The maximum absolute atomic E-state index is 12.2. The van der Waals surface area contributed by atoms with Crippen molar-refractivity contribution >= 4 is 33.4 Å². The van der Waals surface area contributed by atoms with Gasteiger partial charge in [-0.15, -0.1) is 3.82 Å². The number of rotatable bonds is 3. The maximum Gasteiger partial charge on any atom is 0.282 e. The lowest BCUT2D eigenvalue weighted by molar-refractivity contribution is 0.0923. The number of carbonyl (C=O) groups excluding carboxylic acids is 1. The fraction of sp³-hybridized carbons (Fsp3) is 0. The first-order valence-electron chi connectivity index (χ1n) is 5.59. The summed E-state index contributed by atoms with van der Waals surface area (Å²) in [5, 5.41) is 0. The number of amides is 1. The number of hydrogen-bond donors (Lipinski definition) is 1. The molecule has 20 heavy (non-hydrogen) atoms. The van der Waals surface area contributed by atoms with Crippen LogP contribution in [0.5, 0.6) is 0 Å². The molecule has 0 spiro atoms. The molecule has 0 heterocycles. The third-order valence-corrected chi connectivity index (χ3v) is 4.70. The van der Waals surface area contributed by atoms with Crippen molar-refractivity contribution in [3.8, 4) is 0 Å². The lowest BCUT2D eigenvalue weighted by Gasteiger charge is -2.14. The van der Waals surface area contributed by atoms with Gasteiger partial charge in [0.25, 0.3) is 15.9 Å². The summed E-state index contributed by atoms with van der Waals surface area (Å²) >= 11 is 5.70. The first-order valence-corrected chi connectivity index (χ1v) is 7.37. The highest BCUT2D eigenvalue weighted by atomic mass is 35.5. The van der Waals surface area contributed by atoms with Crippen LogP contribution in [0.4, 0.5) is 5.69 Å². The van der Waals surface area contributed by atoms with Crippen molar-refractivity contribution in [1.29, 1.82) is 0 Å². The van der Waals surface area contributed by atoms with Gasteiger partial charge in [0.15, 0.2) is 0 Å². The van der Waals surface area contributed by atoms with Gasteiger partial charge < -0.3 is 5.73 Å². The Labute approximate surface area is 121 Å². The highest BCUT2D eigenvalue weighted by molar-refractivity contribution is 7.90. The van der Waals surface area contributed by atoms with Gasteiger partial charge in [0.2, 0.25) is 0 Å². The second-order valence-corrected chi connectivity index (χ2v) is 6.29. The number of benzene rings is 2. The van der Waals surface area contributed by atoms with Crippen LogP contribution in [0.25, 0.3) is 0 Å². The molecule has 0 aliphatic heterocycles. The van der Waals surface area contributed by atoms with Crippen molar-refractivity contribution in [1.82, 2.24) is 3.82 Å². The Kier molecular flexibility index (Phi) is 3.96. The minimum absolute atomic E-state index is 0.0627. The Morgan fingerprint density at radius 3 is 2.30 bits per heavy atom. The molecule has 0 saturated heterocycles. The maximum atomic E-state index is 12.2. The van der Waals surface area contributed by atoms with Crippen LogP contribution in [0.3, 0.4) is 0 Å². The monoisotopic (exact) mass is 310 g/mol. The quantitative estimate of drug-likeness (QED) is 0.696. The Morgan fingerprint density at radius 1 is 1.05 bits per heavy atom. The van der Waals surface area contributed by atoms with Crippen molar-refractivity contribution in [2.75, 3.05) is 5.73 Å². The van der Waals surface area contributed by atoms with Crippen LogP contribution in [0, 0.1) is 0 Å². The number of anilines is 1. The number of sulfonamides is 1. The normalized spacial score (nSPS) is 11.1. The summed E-state index contributed by atoms with van der Waals surface area (Å²) in [7, 11) is -4.09. The van der Waals surface area contributed by atoms with Crippen LogP contribution in [0.1, 0.15) is 10.4 Å². The smallest absolute Gasteiger partial charge is 0.282 e. The second kappa shape index (κ2) is 5.52. The van der Waals surface area contributed by atoms with Crippen LogP contribution >= 0.6 is 11.8 Å². The lowest BCUT2D eigenvalue weighted by atomic mass is 10.2. The van der Waals surface area contributed by atoms with Gasteiger partial charge in [-0.05, 0) is 30.3 Å². The summed E-state index contributed by atoms with van der Waals surface area (Å²) in [6.45, 7) is 0. The molecule has 2 rings (SSSR count). The van der Waals surface area contributed by atoms with Gasteiger partial charge in [-0.3, -0.25) is 4.79 Å². The molecule has 104 valence electrons. The average Bonchev–Trinajstić information content (AvgIpc) is 2.46. The molecule has 0 aliphatic rings. The van der Waals surface area contributed by atoms with E-state index in [0.717, 1.165) is 0 Å². The van der Waals surface area contributed by atoms with Gasteiger partial charge in [-0.25, -0.2) is 0 Å². The topological polar surface area (TPSA) is 80.5 Å². The van der Waals surface area contributed by atoms with E-state index in [-0.39, 0.29) is 14.3 Å². The minimum atomic E-state index is -4.09. The molecular weight excluding hydrogens is 300 g/mol. The predicted octanol–water partition coefficient (Wildman–Crippen LogP) is 2.25. The van der Waals surface area contributed by atoms with Crippen molar-refractivity contribution in [3.63, 3.8) is 0 Å². The Hall–Kier alpha value is -2.05. The van der Waals surface area contributed by atoms with Crippen molar-refractivity contribution in [3.05, 3.63) is 60.2 Å². The standard InChI is InChI=1S/C13H11ClN2O3S/c14-16(13(17)10-5-4-6-11(15)9-10)20(18,19)12-7-2-1-3-8-12/h1-9H,15H2. The van der Waals surface area contributed by atoms with E-state index in [1.165, 1.54) is 24.3 Å². The second-order valence-electron chi connectivity index (χ2n) is 3.96. The molecule has 2 aromatic carbocycles. The minimum Gasteiger partial charge on any atom is -0.399 e. The van der Waals surface area contributed by atoms with Gasteiger partial charge in [-0.1, -0.05) is 24.3 Å². The van der Waals surface area contributed by atoms with E-state index in [9.17, 15) is 13.2 Å². The molecule has 0 atom stereocenters. The van der Waals surface area contributed by atoms with Crippen LogP contribution in [-0.4, -0.2) is 18.1 Å². The third-order valence-electron chi connectivity index (χ3n) is 2.55. The first kappa shape index (κ1) is 14.4. The largest absolute Gasteiger partial charge is 0.399 e. The fourth-order valence-electron chi connectivity index (χ4n) is 1.57. The third kappa shape index (κ3) is 2.76. The number of nitrogens with two attached hydrogens (primary N) is 1. The highest BCUT2D eigenvalue weighted by Gasteiger charge is 2.28. The number of nitrogens with zero attached hydrogens (tertiary/aromatic N) is 1. The number of nitrogen functional groups attached to an aromatic ring is 1. The summed E-state index contributed by atoms with van der Waals surface area (Å²) < 4.78 is 24.5. The molecule has 0 saturated carbocycles. The Balaban J connectivity index is 2.36. The molecule has 0 aliphatic carbocycles. The van der Waals surface area contributed by atoms with Crippen LogP contribution in [0.15, 0.2) is 59.5 Å². The van der Waals surface area contributed by atoms with Gasteiger partial charge in [0, 0.05) is 23.0 Å². The van der Waals surface area contributed by atoms with Gasteiger partial charge in [0.05, 0.1) is 4.90 Å². The molecule has 5 nitrogen and oxygen atoms in total. The number of hydrogen-bond acceptors (Lipinski definition) is 4. The van der Waals surface area contributed by atoms with Crippen molar-refractivity contribution < 1.29 is 13.2 Å². The molecule has 2 N–H and O–H groups in total. The average molecular weight is 311 g/mol. The van der Waals surface area contributed by atoms with E-state index in [4.69, 9.17) is 17.5 Å². The summed E-state index contributed by atoms with van der Waals surface area (Å²) in [5.41, 5.74) is 6.00. The number of halogens is 1. The molecule has 2 aromatic rings. The molecule has 0 radical (unpaired) electrons. The van der Waals surface area contributed by atoms with Crippen LogP contribution in [0.2, 0.25) is 0 Å². The zero-order valence-electron chi connectivity index (χ0n) is 10.2. The lowest BCUT2D eigenvalue weighted by Crippen LogP contribution is -2.28. The summed E-state index contributed by atoms with van der Waals surface area (Å²) in [5.74, 6) is -0.859. The Bertz CT molecular complexity index is 732. The summed E-state index contributed by atoms with van der Waals surface area (Å²) in [4.78, 5) is 12.0. The summed E-state index contributed by atoms with van der Waals surface area (Å²) in [6, 6.07) is 13.4. The van der Waals surface area contributed by atoms with Crippen molar-refractivity contribution in [2.24, 2.45) is 0 Å². The highest BCUT2D eigenvalue weighted by Crippen LogP contribution is 2.20. The molecule has 7 heteroatoms. The first-order chi connectivity index (χ1) is 9.43. The van der Waals surface area contributed by atoms with Gasteiger partial charge >= 0.3 is 0 Å².